The van der Waals surface area contributed by atoms with Gasteiger partial charge >= 0.3 is 0 Å². The molecule has 0 saturated heterocycles. The van der Waals surface area contributed by atoms with Gasteiger partial charge in [0.2, 0.25) is 0 Å². The van der Waals surface area contributed by atoms with E-state index in [2.05, 4.69) is 4.90 Å². The van der Waals surface area contributed by atoms with Crippen LogP contribution in [0.1, 0.15) is 43.4 Å². The van der Waals surface area contributed by atoms with Crippen molar-refractivity contribution in [3.8, 4) is 0 Å². The third kappa shape index (κ3) is 2.90. The van der Waals surface area contributed by atoms with Crippen molar-refractivity contribution in [1.29, 1.82) is 5.41 Å². The molecule has 0 aliphatic heterocycles. The van der Waals surface area contributed by atoms with Crippen molar-refractivity contribution in [2.75, 3.05) is 7.05 Å². The van der Waals surface area contributed by atoms with E-state index in [-0.39, 0.29) is 0 Å². The second-order valence-electron chi connectivity index (χ2n) is 5.08. The van der Waals surface area contributed by atoms with E-state index >= 15 is 0 Å². The van der Waals surface area contributed by atoms with Crippen LogP contribution in [0.2, 0.25) is 0 Å². The largest absolute Gasteiger partial charge is 0.469 e. The summed E-state index contributed by atoms with van der Waals surface area (Å²) in [5.74, 6) is 2.24. The number of nitrogens with zero attached hydrogens (tertiary/aromatic N) is 1. The molecule has 0 unspecified atom stereocenters. The zero-order valence-electron chi connectivity index (χ0n) is 10.8. The van der Waals surface area contributed by atoms with E-state index in [4.69, 9.17) is 9.83 Å². The number of aryl methyl sites for hydroxylation is 1. The second kappa shape index (κ2) is 5.39. The summed E-state index contributed by atoms with van der Waals surface area (Å²) < 4.78 is 5.29. The molecular formula is C14H22N2O. The minimum Gasteiger partial charge on any atom is -0.469 e. The Labute approximate surface area is 103 Å². The maximum atomic E-state index is 8.26. The zero-order valence-corrected chi connectivity index (χ0v) is 10.8. The van der Waals surface area contributed by atoms with E-state index in [0.717, 1.165) is 18.1 Å². The van der Waals surface area contributed by atoms with E-state index in [0.29, 0.717) is 5.92 Å². The Morgan fingerprint density at radius 1 is 1.41 bits per heavy atom. The molecule has 1 aromatic rings. The van der Waals surface area contributed by atoms with Gasteiger partial charge in [-0.05, 0) is 25.8 Å². The van der Waals surface area contributed by atoms with Crippen LogP contribution in [0.15, 0.2) is 16.7 Å². The van der Waals surface area contributed by atoms with Gasteiger partial charge in [-0.25, -0.2) is 0 Å². The minimum atomic E-state index is 0.473. The normalized spacial score (nSPS) is 17.1. The first-order valence-corrected chi connectivity index (χ1v) is 6.51. The van der Waals surface area contributed by atoms with Crippen molar-refractivity contribution >= 4 is 5.84 Å². The highest BCUT2D eigenvalue weighted by atomic mass is 16.3. The van der Waals surface area contributed by atoms with Gasteiger partial charge in [-0.1, -0.05) is 19.3 Å². The molecule has 3 heteroatoms. The fourth-order valence-corrected chi connectivity index (χ4v) is 2.60. The molecule has 1 aliphatic rings. The van der Waals surface area contributed by atoms with Gasteiger partial charge in [0, 0.05) is 25.1 Å². The van der Waals surface area contributed by atoms with Crippen LogP contribution in [0.4, 0.5) is 0 Å². The van der Waals surface area contributed by atoms with Crippen molar-refractivity contribution in [2.24, 2.45) is 5.92 Å². The van der Waals surface area contributed by atoms with Crippen LogP contribution in [0.3, 0.4) is 0 Å². The molecule has 2 rings (SSSR count). The molecule has 0 bridgehead atoms. The van der Waals surface area contributed by atoms with Crippen molar-refractivity contribution < 1.29 is 4.42 Å². The van der Waals surface area contributed by atoms with E-state index in [1.54, 1.807) is 6.26 Å². The number of nitrogens with one attached hydrogen (secondary N) is 1. The maximum Gasteiger partial charge on any atom is 0.105 e. The molecular weight excluding hydrogens is 212 g/mol. The Hall–Kier alpha value is -1.25. The van der Waals surface area contributed by atoms with E-state index < -0.39 is 0 Å². The summed E-state index contributed by atoms with van der Waals surface area (Å²) in [7, 11) is 2.02. The first kappa shape index (κ1) is 12.2. The molecule has 1 saturated carbocycles. The molecule has 17 heavy (non-hydrogen) atoms. The van der Waals surface area contributed by atoms with Gasteiger partial charge in [0.25, 0.3) is 0 Å². The topological polar surface area (TPSA) is 40.2 Å². The van der Waals surface area contributed by atoms with Crippen molar-refractivity contribution in [1.82, 2.24) is 4.90 Å². The van der Waals surface area contributed by atoms with Crippen LogP contribution in [-0.2, 0) is 6.54 Å². The lowest BCUT2D eigenvalue weighted by atomic mass is 9.88. The lowest BCUT2D eigenvalue weighted by molar-refractivity contribution is 0.380. The fourth-order valence-electron chi connectivity index (χ4n) is 2.60. The Balaban J connectivity index is 1.93. The molecule has 0 aromatic carbocycles. The highest BCUT2D eigenvalue weighted by molar-refractivity contribution is 5.81. The number of furan rings is 1. The molecule has 1 aliphatic carbocycles. The van der Waals surface area contributed by atoms with Crippen molar-refractivity contribution in [3.63, 3.8) is 0 Å². The summed E-state index contributed by atoms with van der Waals surface area (Å²) in [5.41, 5.74) is 1.19. The molecule has 1 heterocycles. The molecule has 0 radical (unpaired) electrons. The Morgan fingerprint density at radius 2 is 2.12 bits per heavy atom. The fraction of sp³-hybridized carbons (Fsp3) is 0.643. The van der Waals surface area contributed by atoms with Gasteiger partial charge in [0.15, 0.2) is 0 Å². The summed E-state index contributed by atoms with van der Waals surface area (Å²) in [6, 6.07) is 2.00. The Kier molecular flexibility index (Phi) is 3.87. The summed E-state index contributed by atoms with van der Waals surface area (Å²) in [6.07, 6.45) is 8.01. The van der Waals surface area contributed by atoms with Crippen LogP contribution < -0.4 is 0 Å². The van der Waals surface area contributed by atoms with Gasteiger partial charge in [-0.15, -0.1) is 0 Å². The van der Waals surface area contributed by atoms with Crippen LogP contribution >= 0.6 is 0 Å². The first-order chi connectivity index (χ1) is 8.18. The van der Waals surface area contributed by atoms with Crippen LogP contribution in [0.25, 0.3) is 0 Å². The summed E-state index contributed by atoms with van der Waals surface area (Å²) in [5, 5.41) is 8.26. The molecule has 1 N–H and O–H groups in total. The Morgan fingerprint density at radius 3 is 2.71 bits per heavy atom. The average molecular weight is 234 g/mol. The zero-order chi connectivity index (χ0) is 12.3. The van der Waals surface area contributed by atoms with Gasteiger partial charge < -0.3 is 9.32 Å². The lowest BCUT2D eigenvalue weighted by Crippen LogP contribution is -2.33. The molecule has 3 nitrogen and oxygen atoms in total. The average Bonchev–Trinajstić information content (AvgIpc) is 2.75. The van der Waals surface area contributed by atoms with Crippen LogP contribution in [0.5, 0.6) is 0 Å². The van der Waals surface area contributed by atoms with Gasteiger partial charge in [-0.2, -0.15) is 0 Å². The summed E-state index contributed by atoms with van der Waals surface area (Å²) in [4.78, 5) is 2.06. The van der Waals surface area contributed by atoms with Crippen LogP contribution in [0, 0.1) is 18.3 Å². The van der Waals surface area contributed by atoms with Gasteiger partial charge in [-0.3, -0.25) is 5.41 Å². The predicted octanol–water partition coefficient (Wildman–Crippen LogP) is 3.58. The number of hydrogen-bond donors (Lipinski definition) is 1. The highest BCUT2D eigenvalue weighted by Gasteiger charge is 2.21. The molecule has 0 amide bonds. The smallest absolute Gasteiger partial charge is 0.105 e. The van der Waals surface area contributed by atoms with E-state index in [1.807, 2.05) is 20.0 Å². The molecule has 1 fully saturated rings. The quantitative estimate of drug-likeness (QED) is 0.641. The summed E-state index contributed by atoms with van der Waals surface area (Å²) in [6.45, 7) is 2.77. The number of hydrogen-bond acceptors (Lipinski definition) is 2. The minimum absolute atomic E-state index is 0.473. The monoisotopic (exact) mass is 234 g/mol. The number of rotatable bonds is 3. The molecule has 0 atom stereocenters. The molecule has 0 spiro atoms. The first-order valence-electron chi connectivity index (χ1n) is 6.51. The van der Waals surface area contributed by atoms with Crippen molar-refractivity contribution in [3.05, 3.63) is 23.7 Å². The van der Waals surface area contributed by atoms with Crippen LogP contribution in [-0.4, -0.2) is 17.8 Å². The molecule has 94 valence electrons. The predicted molar refractivity (Wildman–Crippen MR) is 69.2 cm³/mol. The lowest BCUT2D eigenvalue weighted by Gasteiger charge is -2.29. The number of amidine groups is 1. The van der Waals surface area contributed by atoms with Crippen molar-refractivity contribution in [2.45, 2.75) is 45.6 Å². The summed E-state index contributed by atoms with van der Waals surface area (Å²) >= 11 is 0. The second-order valence-corrected chi connectivity index (χ2v) is 5.08. The van der Waals surface area contributed by atoms with E-state index in [1.165, 1.54) is 37.7 Å². The maximum absolute atomic E-state index is 8.26. The van der Waals surface area contributed by atoms with Gasteiger partial charge in [0.05, 0.1) is 12.1 Å². The highest BCUT2D eigenvalue weighted by Crippen LogP contribution is 2.26. The van der Waals surface area contributed by atoms with Gasteiger partial charge in [0.1, 0.15) is 5.76 Å². The third-order valence-electron chi connectivity index (χ3n) is 3.78. The SMILES string of the molecule is Cc1occc1CN(C)C(=N)C1CCCCC1. The molecule has 1 aromatic heterocycles. The third-order valence-corrected chi connectivity index (χ3v) is 3.78. The standard InChI is InChI=1S/C14H22N2O/c1-11-13(8-9-17-11)10-16(2)14(15)12-6-4-3-5-7-12/h8-9,12,15H,3-7,10H2,1-2H3. The van der Waals surface area contributed by atoms with E-state index in [9.17, 15) is 0 Å². The Bertz CT molecular complexity index is 377.